The van der Waals surface area contributed by atoms with Gasteiger partial charge in [0.1, 0.15) is 0 Å². The van der Waals surface area contributed by atoms with Crippen molar-refractivity contribution in [1.82, 2.24) is 4.90 Å². The molecule has 0 aliphatic carbocycles. The van der Waals surface area contributed by atoms with Crippen LogP contribution in [-0.4, -0.2) is 29.8 Å². The van der Waals surface area contributed by atoms with E-state index in [1.54, 1.807) is 0 Å². The molecule has 0 spiro atoms. The first-order valence-electron chi connectivity index (χ1n) is 13.4. The number of aryl methyl sites for hydroxylation is 3. The maximum Gasteiger partial charge on any atom is 0.222 e. The number of nitrogens with two attached hydrogens (primary N) is 1. The zero-order valence-corrected chi connectivity index (χ0v) is 23.1. The van der Waals surface area contributed by atoms with Crippen molar-refractivity contribution in [3.63, 3.8) is 0 Å². The Morgan fingerprint density at radius 1 is 0.838 bits per heavy atom. The Balaban J connectivity index is 0.000000306. The predicted molar refractivity (Wildman–Crippen MR) is 154 cm³/mol. The minimum absolute atomic E-state index is 0.202. The van der Waals surface area contributed by atoms with E-state index in [1.165, 1.54) is 42.0 Å². The van der Waals surface area contributed by atoms with E-state index in [1.807, 2.05) is 0 Å². The van der Waals surface area contributed by atoms with E-state index < -0.39 is 0 Å². The number of carbonyl (C=O) groups excluding carboxylic acids is 2. The fourth-order valence-electron chi connectivity index (χ4n) is 4.60. The number of hydrogen-bond acceptors (Lipinski definition) is 2. The van der Waals surface area contributed by atoms with Gasteiger partial charge in [0.25, 0.3) is 0 Å². The van der Waals surface area contributed by atoms with Crippen molar-refractivity contribution in [2.45, 2.75) is 71.6 Å². The molecule has 1 heterocycles. The molecule has 198 valence electrons. The molecule has 37 heavy (non-hydrogen) atoms. The third-order valence-electron chi connectivity index (χ3n) is 6.94. The maximum atomic E-state index is 12.6. The van der Waals surface area contributed by atoms with E-state index in [0.29, 0.717) is 12.3 Å². The Morgan fingerprint density at radius 2 is 1.35 bits per heavy atom. The highest BCUT2D eigenvalue weighted by Gasteiger charge is 2.32. The summed E-state index contributed by atoms with van der Waals surface area (Å²) in [6.45, 7) is 9.70. The Kier molecular flexibility index (Phi) is 12.6. The molecular formula is C33H44N2O2. The second-order valence-electron chi connectivity index (χ2n) is 10.1. The first kappa shape index (κ1) is 29.8. The normalized spacial score (nSPS) is 13.9. The Labute approximate surface area is 223 Å². The van der Waals surface area contributed by atoms with Crippen LogP contribution in [0, 0.1) is 6.92 Å². The number of carbonyl (C=O) groups is 2. The molecule has 0 atom stereocenters. The van der Waals surface area contributed by atoms with Crippen molar-refractivity contribution in [3.8, 4) is 0 Å². The van der Waals surface area contributed by atoms with Gasteiger partial charge in [-0.15, -0.1) is 0 Å². The molecule has 0 unspecified atom stereocenters. The van der Waals surface area contributed by atoms with Gasteiger partial charge in [-0.3, -0.25) is 9.59 Å². The Hall–Kier alpha value is -3.40. The number of primary amides is 1. The first-order chi connectivity index (χ1) is 17.7. The zero-order chi connectivity index (χ0) is 27.1. The lowest BCUT2D eigenvalue weighted by molar-refractivity contribution is -0.132. The summed E-state index contributed by atoms with van der Waals surface area (Å²) >= 11 is 0. The van der Waals surface area contributed by atoms with Crippen LogP contribution < -0.4 is 5.73 Å². The van der Waals surface area contributed by atoms with Crippen LogP contribution in [0.1, 0.15) is 68.7 Å². The van der Waals surface area contributed by atoms with E-state index in [4.69, 9.17) is 0 Å². The van der Waals surface area contributed by atoms with Gasteiger partial charge in [-0.1, -0.05) is 105 Å². The van der Waals surface area contributed by atoms with Gasteiger partial charge >= 0.3 is 0 Å². The summed E-state index contributed by atoms with van der Waals surface area (Å²) < 4.78 is 0. The SMILES string of the molecule is CC(N)=O.CCCc1ccccc1.Cc1ccccc1CCC(=O)N1CCC(C)(c2ccccc2)CC1. The second-order valence-corrected chi connectivity index (χ2v) is 10.1. The van der Waals surface area contributed by atoms with Crippen molar-refractivity contribution in [2.24, 2.45) is 5.73 Å². The lowest BCUT2D eigenvalue weighted by Crippen LogP contribution is -2.44. The average Bonchev–Trinajstić information content (AvgIpc) is 2.90. The molecule has 3 aromatic carbocycles. The molecule has 4 rings (SSSR count). The molecule has 2 N–H and O–H groups in total. The monoisotopic (exact) mass is 500 g/mol. The third-order valence-corrected chi connectivity index (χ3v) is 6.94. The minimum atomic E-state index is -0.333. The Bertz CT molecular complexity index is 1070. The van der Waals surface area contributed by atoms with Gasteiger partial charge in [-0.05, 0) is 60.3 Å². The van der Waals surface area contributed by atoms with Gasteiger partial charge in [0, 0.05) is 26.4 Å². The standard InChI is InChI=1S/C22H27NO.C9H12.C2H5NO/c1-18-8-6-7-9-19(18)12-13-21(24)23-16-14-22(2,15-17-23)20-10-4-3-5-11-20;1-2-6-9-7-4-3-5-8-9;1-2(3)4/h3-11H,12-17H2,1-2H3;3-5,7-8H,2,6H2,1H3;1H3,(H2,3,4). The summed E-state index contributed by atoms with van der Waals surface area (Å²) in [7, 11) is 0. The number of rotatable bonds is 6. The van der Waals surface area contributed by atoms with Gasteiger partial charge in [-0.25, -0.2) is 0 Å². The van der Waals surface area contributed by atoms with Crippen LogP contribution in [-0.2, 0) is 27.8 Å². The number of likely N-dealkylation sites (tertiary alicyclic amines) is 1. The predicted octanol–water partition coefficient (Wildman–Crippen LogP) is 6.64. The average molecular weight is 501 g/mol. The Morgan fingerprint density at radius 3 is 1.89 bits per heavy atom. The number of nitrogens with zero attached hydrogens (tertiary/aromatic N) is 1. The molecule has 1 fully saturated rings. The molecule has 1 saturated heterocycles. The summed E-state index contributed by atoms with van der Waals surface area (Å²) in [4.78, 5) is 23.8. The highest BCUT2D eigenvalue weighted by atomic mass is 16.2. The van der Waals surface area contributed by atoms with Crippen molar-refractivity contribution < 1.29 is 9.59 Å². The van der Waals surface area contributed by atoms with Crippen LogP contribution in [0.2, 0.25) is 0 Å². The lowest BCUT2D eigenvalue weighted by atomic mass is 9.74. The van der Waals surface area contributed by atoms with Gasteiger partial charge in [0.2, 0.25) is 11.8 Å². The van der Waals surface area contributed by atoms with Crippen LogP contribution in [0.5, 0.6) is 0 Å². The van der Waals surface area contributed by atoms with Gasteiger partial charge in [0.05, 0.1) is 0 Å². The molecule has 0 radical (unpaired) electrons. The highest BCUT2D eigenvalue weighted by molar-refractivity contribution is 5.76. The van der Waals surface area contributed by atoms with Crippen molar-refractivity contribution in [2.75, 3.05) is 13.1 Å². The molecule has 4 heteroatoms. The van der Waals surface area contributed by atoms with Crippen molar-refractivity contribution in [1.29, 1.82) is 0 Å². The van der Waals surface area contributed by atoms with Crippen LogP contribution in [0.3, 0.4) is 0 Å². The summed E-state index contributed by atoms with van der Waals surface area (Å²) in [5.74, 6) is -0.0339. The summed E-state index contributed by atoms with van der Waals surface area (Å²) in [5.41, 5.74) is 10.1. The van der Waals surface area contributed by atoms with E-state index in [0.717, 1.165) is 32.4 Å². The molecule has 2 amide bonds. The number of piperidine rings is 1. The van der Waals surface area contributed by atoms with E-state index in [-0.39, 0.29) is 11.3 Å². The molecule has 0 aromatic heterocycles. The number of benzene rings is 3. The second kappa shape index (κ2) is 15.7. The third kappa shape index (κ3) is 10.6. The maximum absolute atomic E-state index is 12.6. The van der Waals surface area contributed by atoms with E-state index >= 15 is 0 Å². The quantitative estimate of drug-likeness (QED) is 0.412. The molecule has 1 aliphatic heterocycles. The summed E-state index contributed by atoms with van der Waals surface area (Å²) in [6, 6.07) is 29.6. The topological polar surface area (TPSA) is 63.4 Å². The van der Waals surface area contributed by atoms with Gasteiger partial charge in [0.15, 0.2) is 0 Å². The van der Waals surface area contributed by atoms with Crippen LogP contribution in [0.25, 0.3) is 0 Å². The molecule has 1 aliphatic rings. The molecule has 4 nitrogen and oxygen atoms in total. The zero-order valence-electron chi connectivity index (χ0n) is 23.1. The van der Waals surface area contributed by atoms with E-state index in [9.17, 15) is 9.59 Å². The molecule has 0 saturated carbocycles. The van der Waals surface area contributed by atoms with Gasteiger partial charge in [-0.2, -0.15) is 0 Å². The van der Waals surface area contributed by atoms with Crippen LogP contribution >= 0.6 is 0 Å². The van der Waals surface area contributed by atoms with Crippen LogP contribution in [0.15, 0.2) is 84.9 Å². The minimum Gasteiger partial charge on any atom is -0.370 e. The van der Waals surface area contributed by atoms with Crippen molar-refractivity contribution in [3.05, 3.63) is 107 Å². The lowest BCUT2D eigenvalue weighted by Gasteiger charge is -2.40. The largest absolute Gasteiger partial charge is 0.370 e. The van der Waals surface area contributed by atoms with Crippen molar-refractivity contribution >= 4 is 11.8 Å². The molecule has 0 bridgehead atoms. The van der Waals surface area contributed by atoms with E-state index in [2.05, 4.69) is 116 Å². The molecule has 3 aromatic rings. The summed E-state index contributed by atoms with van der Waals surface area (Å²) in [6.07, 6.45) is 6.01. The summed E-state index contributed by atoms with van der Waals surface area (Å²) in [5, 5.41) is 0. The fraction of sp³-hybridized carbons (Fsp3) is 0.394. The number of hydrogen-bond donors (Lipinski definition) is 1. The first-order valence-corrected chi connectivity index (χ1v) is 13.4. The van der Waals surface area contributed by atoms with Crippen LogP contribution in [0.4, 0.5) is 0 Å². The van der Waals surface area contributed by atoms with Gasteiger partial charge < -0.3 is 10.6 Å². The fourth-order valence-corrected chi connectivity index (χ4v) is 4.60. The molecular weight excluding hydrogens is 456 g/mol. The smallest absolute Gasteiger partial charge is 0.222 e. The highest BCUT2D eigenvalue weighted by Crippen LogP contribution is 2.35. The number of amides is 2.